The molecule has 90 valence electrons. The molecule has 0 radical (unpaired) electrons. The topological polar surface area (TPSA) is 33.5 Å². The van der Waals surface area contributed by atoms with Crippen molar-refractivity contribution >= 4 is 40.3 Å². The van der Waals surface area contributed by atoms with Crippen LogP contribution in [-0.4, -0.2) is 21.2 Å². The summed E-state index contributed by atoms with van der Waals surface area (Å²) in [6.45, 7) is 4.04. The molecule has 1 aromatic heterocycles. The van der Waals surface area contributed by atoms with E-state index in [1.54, 1.807) is 23.3 Å². The number of rotatable bonds is 3. The number of amides is 1. The standard InChI is InChI=1S/C12H13NO2S2/c1-3-8(2)13-11(14)10(17-12(13)16)7-9-5-4-6-15-9/h4-8H,3H2,1-2H3/t8-/m1/s1. The molecule has 1 aromatic rings. The number of hydrogen-bond donors (Lipinski definition) is 0. The average molecular weight is 267 g/mol. The zero-order valence-electron chi connectivity index (χ0n) is 9.67. The molecule has 1 aliphatic rings. The highest BCUT2D eigenvalue weighted by molar-refractivity contribution is 8.26. The Morgan fingerprint density at radius 3 is 3.00 bits per heavy atom. The van der Waals surface area contributed by atoms with Gasteiger partial charge in [-0.1, -0.05) is 30.9 Å². The SMILES string of the molecule is CC[C@@H](C)N1C(=O)C(=Cc2ccco2)SC1=S. The third-order valence-electron chi connectivity index (χ3n) is 2.67. The van der Waals surface area contributed by atoms with Gasteiger partial charge in [-0.25, -0.2) is 0 Å². The molecule has 0 spiro atoms. The van der Waals surface area contributed by atoms with Gasteiger partial charge in [-0.15, -0.1) is 0 Å². The normalized spacial score (nSPS) is 20.4. The summed E-state index contributed by atoms with van der Waals surface area (Å²) in [6.07, 6.45) is 4.21. The van der Waals surface area contributed by atoms with Gasteiger partial charge in [0.15, 0.2) is 0 Å². The predicted molar refractivity (Wildman–Crippen MR) is 73.5 cm³/mol. The highest BCUT2D eigenvalue weighted by atomic mass is 32.2. The number of thioether (sulfide) groups is 1. The van der Waals surface area contributed by atoms with Crippen LogP contribution in [0, 0.1) is 0 Å². The van der Waals surface area contributed by atoms with Crippen LogP contribution < -0.4 is 0 Å². The van der Waals surface area contributed by atoms with E-state index in [1.807, 2.05) is 19.9 Å². The van der Waals surface area contributed by atoms with Crippen molar-refractivity contribution in [2.75, 3.05) is 0 Å². The highest BCUT2D eigenvalue weighted by Gasteiger charge is 2.34. The molecule has 0 unspecified atom stereocenters. The first kappa shape index (κ1) is 12.4. The first-order valence-corrected chi connectivity index (χ1v) is 6.66. The molecule has 2 rings (SSSR count). The van der Waals surface area contributed by atoms with Crippen molar-refractivity contribution in [1.29, 1.82) is 0 Å². The zero-order valence-corrected chi connectivity index (χ0v) is 11.3. The van der Waals surface area contributed by atoms with Gasteiger partial charge < -0.3 is 4.42 Å². The second-order valence-corrected chi connectivity index (χ2v) is 5.50. The molecular weight excluding hydrogens is 254 g/mol. The molecule has 0 aromatic carbocycles. The number of carbonyl (C=O) groups is 1. The van der Waals surface area contributed by atoms with E-state index in [0.29, 0.717) is 15.0 Å². The smallest absolute Gasteiger partial charge is 0.266 e. The van der Waals surface area contributed by atoms with Crippen LogP contribution in [-0.2, 0) is 4.79 Å². The molecule has 1 saturated heterocycles. The van der Waals surface area contributed by atoms with Crippen LogP contribution in [0.15, 0.2) is 27.7 Å². The van der Waals surface area contributed by atoms with E-state index < -0.39 is 0 Å². The molecular formula is C12H13NO2S2. The van der Waals surface area contributed by atoms with Gasteiger partial charge in [-0.3, -0.25) is 9.69 Å². The molecule has 17 heavy (non-hydrogen) atoms. The Morgan fingerprint density at radius 2 is 2.41 bits per heavy atom. The van der Waals surface area contributed by atoms with Gasteiger partial charge in [-0.05, 0) is 25.5 Å². The quantitative estimate of drug-likeness (QED) is 0.621. The van der Waals surface area contributed by atoms with Gasteiger partial charge in [-0.2, -0.15) is 0 Å². The maximum Gasteiger partial charge on any atom is 0.266 e. The molecule has 1 aliphatic heterocycles. The number of thiocarbonyl (C=S) groups is 1. The van der Waals surface area contributed by atoms with Gasteiger partial charge in [0.05, 0.1) is 11.2 Å². The fraction of sp³-hybridized carbons (Fsp3) is 0.333. The first-order valence-electron chi connectivity index (χ1n) is 5.44. The van der Waals surface area contributed by atoms with Crippen molar-refractivity contribution in [3.8, 4) is 0 Å². The molecule has 1 amide bonds. The lowest BCUT2D eigenvalue weighted by Gasteiger charge is -2.21. The van der Waals surface area contributed by atoms with Crippen LogP contribution in [0.4, 0.5) is 0 Å². The number of hydrogen-bond acceptors (Lipinski definition) is 4. The van der Waals surface area contributed by atoms with Crippen LogP contribution in [0.3, 0.4) is 0 Å². The number of carbonyl (C=O) groups excluding carboxylic acids is 1. The number of furan rings is 1. The van der Waals surface area contributed by atoms with Crippen molar-refractivity contribution < 1.29 is 9.21 Å². The first-order chi connectivity index (χ1) is 8.13. The summed E-state index contributed by atoms with van der Waals surface area (Å²) in [5, 5.41) is 0. The predicted octanol–water partition coefficient (Wildman–Crippen LogP) is 3.28. The van der Waals surface area contributed by atoms with Crippen LogP contribution >= 0.6 is 24.0 Å². The van der Waals surface area contributed by atoms with Crippen LogP contribution in [0.5, 0.6) is 0 Å². The van der Waals surface area contributed by atoms with Crippen molar-refractivity contribution in [1.82, 2.24) is 4.90 Å². The summed E-state index contributed by atoms with van der Waals surface area (Å²) < 4.78 is 5.82. The molecule has 0 bridgehead atoms. The average Bonchev–Trinajstić information content (AvgIpc) is 2.89. The maximum atomic E-state index is 12.2. The van der Waals surface area contributed by atoms with Crippen LogP contribution in [0.2, 0.25) is 0 Å². The minimum Gasteiger partial charge on any atom is -0.465 e. The molecule has 1 atom stereocenters. The Hall–Kier alpha value is -1.07. The summed E-state index contributed by atoms with van der Waals surface area (Å²) in [6, 6.07) is 3.75. The summed E-state index contributed by atoms with van der Waals surface area (Å²) in [5.41, 5.74) is 0. The Balaban J connectivity index is 2.24. The second kappa shape index (κ2) is 5.06. The summed E-state index contributed by atoms with van der Waals surface area (Å²) >= 11 is 6.56. The molecule has 3 nitrogen and oxygen atoms in total. The van der Waals surface area contributed by atoms with E-state index in [4.69, 9.17) is 16.6 Å². The highest BCUT2D eigenvalue weighted by Crippen LogP contribution is 2.34. The van der Waals surface area contributed by atoms with E-state index in [2.05, 4.69) is 0 Å². The fourth-order valence-electron chi connectivity index (χ4n) is 1.55. The van der Waals surface area contributed by atoms with Crippen LogP contribution in [0.1, 0.15) is 26.0 Å². The van der Waals surface area contributed by atoms with E-state index in [-0.39, 0.29) is 11.9 Å². The van der Waals surface area contributed by atoms with E-state index in [1.165, 1.54) is 11.8 Å². The van der Waals surface area contributed by atoms with Crippen molar-refractivity contribution in [2.24, 2.45) is 0 Å². The maximum absolute atomic E-state index is 12.2. The molecule has 0 saturated carbocycles. The van der Waals surface area contributed by atoms with Crippen molar-refractivity contribution in [3.05, 3.63) is 29.1 Å². The Bertz CT molecular complexity index is 465. The van der Waals surface area contributed by atoms with Gasteiger partial charge in [0, 0.05) is 12.1 Å². The Kier molecular flexibility index (Phi) is 3.69. The molecule has 0 aliphatic carbocycles. The van der Waals surface area contributed by atoms with E-state index >= 15 is 0 Å². The summed E-state index contributed by atoms with van der Waals surface area (Å²) in [7, 11) is 0. The third kappa shape index (κ3) is 2.45. The van der Waals surface area contributed by atoms with Gasteiger partial charge >= 0.3 is 0 Å². The lowest BCUT2D eigenvalue weighted by molar-refractivity contribution is -0.123. The fourth-order valence-corrected chi connectivity index (χ4v) is 2.99. The minimum absolute atomic E-state index is 0.0225. The summed E-state index contributed by atoms with van der Waals surface area (Å²) in [5.74, 6) is 0.653. The van der Waals surface area contributed by atoms with E-state index in [9.17, 15) is 4.79 Å². The van der Waals surface area contributed by atoms with Gasteiger partial charge in [0.25, 0.3) is 5.91 Å². The molecule has 5 heteroatoms. The van der Waals surface area contributed by atoms with Crippen molar-refractivity contribution in [2.45, 2.75) is 26.3 Å². The molecule has 1 fully saturated rings. The molecule has 2 heterocycles. The largest absolute Gasteiger partial charge is 0.465 e. The van der Waals surface area contributed by atoms with Crippen molar-refractivity contribution in [3.63, 3.8) is 0 Å². The van der Waals surface area contributed by atoms with Crippen LogP contribution in [0.25, 0.3) is 6.08 Å². The number of nitrogens with zero attached hydrogens (tertiary/aromatic N) is 1. The summed E-state index contributed by atoms with van der Waals surface area (Å²) in [4.78, 5) is 14.5. The Morgan fingerprint density at radius 1 is 1.65 bits per heavy atom. The lowest BCUT2D eigenvalue weighted by Crippen LogP contribution is -2.36. The Labute approximate surface area is 110 Å². The second-order valence-electron chi connectivity index (χ2n) is 3.82. The zero-order chi connectivity index (χ0) is 12.4. The minimum atomic E-state index is -0.0225. The lowest BCUT2D eigenvalue weighted by atomic mass is 10.2. The van der Waals surface area contributed by atoms with E-state index in [0.717, 1.165) is 6.42 Å². The monoisotopic (exact) mass is 267 g/mol. The van der Waals surface area contributed by atoms with Gasteiger partial charge in [0.1, 0.15) is 10.1 Å². The third-order valence-corrected chi connectivity index (χ3v) is 4.00. The van der Waals surface area contributed by atoms with Gasteiger partial charge in [0.2, 0.25) is 0 Å². The molecule has 0 N–H and O–H groups in total.